The normalized spacial score (nSPS) is 10.6. The van der Waals surface area contributed by atoms with Crippen LogP contribution in [-0.4, -0.2) is 41.9 Å². The molecule has 1 aromatic heterocycles. The molecule has 0 fully saturated rings. The molecule has 7 nitrogen and oxygen atoms in total. The molecule has 0 bridgehead atoms. The van der Waals surface area contributed by atoms with Crippen LogP contribution in [-0.2, 0) is 0 Å². The van der Waals surface area contributed by atoms with Crippen LogP contribution < -0.4 is 15.8 Å². The SMILES string of the molecule is CC(C)CCCCOc1nsc(NC(=O)N(C)C)c1C(N)=O. The molecule has 0 saturated heterocycles. The molecule has 1 aromatic rings. The van der Waals surface area contributed by atoms with Crippen molar-refractivity contribution in [2.75, 3.05) is 26.0 Å². The molecule has 3 amide bonds. The van der Waals surface area contributed by atoms with Crippen molar-refractivity contribution in [2.24, 2.45) is 11.7 Å². The highest BCUT2D eigenvalue weighted by Gasteiger charge is 2.22. The van der Waals surface area contributed by atoms with E-state index < -0.39 is 5.91 Å². The number of nitrogens with two attached hydrogens (primary N) is 1. The first kappa shape index (κ1) is 18.2. The molecule has 0 saturated carbocycles. The third kappa shape index (κ3) is 5.51. The first-order valence-corrected chi connectivity index (χ1v) is 8.00. The minimum absolute atomic E-state index is 0.129. The van der Waals surface area contributed by atoms with E-state index in [-0.39, 0.29) is 17.5 Å². The van der Waals surface area contributed by atoms with E-state index in [9.17, 15) is 9.59 Å². The van der Waals surface area contributed by atoms with Gasteiger partial charge in [0.15, 0.2) is 0 Å². The molecular weight excluding hydrogens is 304 g/mol. The summed E-state index contributed by atoms with van der Waals surface area (Å²) in [7, 11) is 3.21. The average molecular weight is 328 g/mol. The molecule has 124 valence electrons. The fourth-order valence-electron chi connectivity index (χ4n) is 1.71. The number of hydrogen-bond donors (Lipinski definition) is 2. The second-order valence-corrected chi connectivity index (χ2v) is 6.39. The van der Waals surface area contributed by atoms with Gasteiger partial charge < -0.3 is 15.4 Å². The van der Waals surface area contributed by atoms with Crippen LogP contribution >= 0.6 is 11.5 Å². The van der Waals surface area contributed by atoms with Crippen molar-refractivity contribution < 1.29 is 14.3 Å². The van der Waals surface area contributed by atoms with E-state index in [1.54, 1.807) is 14.1 Å². The Kier molecular flexibility index (Phi) is 7.10. The quantitative estimate of drug-likeness (QED) is 0.717. The number of hydrogen-bond acceptors (Lipinski definition) is 5. The second-order valence-electron chi connectivity index (χ2n) is 5.62. The molecule has 1 heterocycles. The Morgan fingerprint density at radius 3 is 2.59 bits per heavy atom. The Labute approximate surface area is 135 Å². The Morgan fingerprint density at radius 2 is 2.05 bits per heavy atom. The van der Waals surface area contributed by atoms with Crippen LogP contribution in [0.15, 0.2) is 0 Å². The van der Waals surface area contributed by atoms with Gasteiger partial charge in [-0.3, -0.25) is 10.1 Å². The predicted octanol–water partition coefficient (Wildman–Crippen LogP) is 2.54. The number of primary amides is 1. The molecule has 1 rings (SSSR count). The van der Waals surface area contributed by atoms with E-state index in [1.165, 1.54) is 4.90 Å². The highest BCUT2D eigenvalue weighted by atomic mass is 32.1. The summed E-state index contributed by atoms with van der Waals surface area (Å²) in [4.78, 5) is 24.6. The fourth-order valence-corrected chi connectivity index (χ4v) is 2.44. The molecule has 0 unspecified atom stereocenters. The summed E-state index contributed by atoms with van der Waals surface area (Å²) < 4.78 is 9.60. The third-order valence-electron chi connectivity index (χ3n) is 2.95. The van der Waals surface area contributed by atoms with Gasteiger partial charge in [-0.2, -0.15) is 4.37 Å². The summed E-state index contributed by atoms with van der Waals surface area (Å²) in [6, 6.07) is -0.352. The number of urea groups is 1. The first-order valence-electron chi connectivity index (χ1n) is 7.23. The van der Waals surface area contributed by atoms with Gasteiger partial charge in [-0.1, -0.05) is 20.3 Å². The van der Waals surface area contributed by atoms with Crippen LogP contribution in [0.5, 0.6) is 5.88 Å². The number of carbonyl (C=O) groups is 2. The Bertz CT molecular complexity index is 514. The number of nitrogens with one attached hydrogen (secondary N) is 1. The maximum Gasteiger partial charge on any atom is 0.321 e. The monoisotopic (exact) mass is 328 g/mol. The summed E-state index contributed by atoms with van der Waals surface area (Å²) in [5, 5.41) is 2.90. The Morgan fingerprint density at radius 1 is 1.36 bits per heavy atom. The zero-order valence-electron chi connectivity index (χ0n) is 13.5. The van der Waals surface area contributed by atoms with Crippen molar-refractivity contribution in [3.05, 3.63) is 5.56 Å². The number of nitrogens with zero attached hydrogens (tertiary/aromatic N) is 2. The topological polar surface area (TPSA) is 97.6 Å². The third-order valence-corrected chi connectivity index (χ3v) is 3.69. The van der Waals surface area contributed by atoms with Crippen molar-refractivity contribution in [1.82, 2.24) is 9.27 Å². The van der Waals surface area contributed by atoms with E-state index in [2.05, 4.69) is 23.5 Å². The average Bonchev–Trinajstić information content (AvgIpc) is 2.80. The molecular formula is C14H24N4O3S. The summed E-state index contributed by atoms with van der Waals surface area (Å²) in [6.07, 6.45) is 3.07. The van der Waals surface area contributed by atoms with Gasteiger partial charge in [0.05, 0.1) is 6.61 Å². The van der Waals surface area contributed by atoms with Gasteiger partial charge in [0.1, 0.15) is 10.6 Å². The molecule has 3 N–H and O–H groups in total. The Hall–Kier alpha value is -1.83. The van der Waals surface area contributed by atoms with Gasteiger partial charge in [-0.15, -0.1) is 0 Å². The van der Waals surface area contributed by atoms with E-state index >= 15 is 0 Å². The molecule has 0 atom stereocenters. The lowest BCUT2D eigenvalue weighted by atomic mass is 10.1. The minimum atomic E-state index is -0.667. The minimum Gasteiger partial charge on any atom is -0.476 e. The molecule has 0 aromatic carbocycles. The van der Waals surface area contributed by atoms with E-state index in [4.69, 9.17) is 10.5 Å². The van der Waals surface area contributed by atoms with Gasteiger partial charge >= 0.3 is 6.03 Å². The lowest BCUT2D eigenvalue weighted by Crippen LogP contribution is -2.28. The first-order chi connectivity index (χ1) is 10.3. The smallest absolute Gasteiger partial charge is 0.321 e. The standard InChI is InChI=1S/C14H24N4O3S/c1-9(2)7-5-6-8-21-12-10(11(15)19)13(22-17-12)16-14(20)18(3)4/h9H,5-8H2,1-4H3,(H2,15,19)(H,16,20). The van der Waals surface area contributed by atoms with Crippen LogP contribution in [0.25, 0.3) is 0 Å². The maximum absolute atomic E-state index is 11.7. The van der Waals surface area contributed by atoms with Crippen molar-refractivity contribution in [3.8, 4) is 5.88 Å². The van der Waals surface area contributed by atoms with Crippen LogP contribution in [0.3, 0.4) is 0 Å². The fraction of sp³-hybridized carbons (Fsp3) is 0.643. The summed E-state index contributed by atoms with van der Waals surface area (Å²) >= 11 is 0.984. The molecule has 8 heteroatoms. The van der Waals surface area contributed by atoms with Gasteiger partial charge in [0, 0.05) is 14.1 Å². The number of ether oxygens (including phenoxy) is 1. The molecule has 0 aliphatic rings. The van der Waals surface area contributed by atoms with Crippen LogP contribution in [0, 0.1) is 5.92 Å². The second kappa shape index (κ2) is 8.57. The largest absolute Gasteiger partial charge is 0.476 e. The predicted molar refractivity (Wildman–Crippen MR) is 87.5 cm³/mol. The van der Waals surface area contributed by atoms with Crippen LogP contribution in [0.4, 0.5) is 9.80 Å². The van der Waals surface area contributed by atoms with Crippen LogP contribution in [0.2, 0.25) is 0 Å². The molecule has 0 aliphatic carbocycles. The van der Waals surface area contributed by atoms with E-state index in [0.717, 1.165) is 30.8 Å². The van der Waals surface area contributed by atoms with Crippen molar-refractivity contribution >= 4 is 28.5 Å². The summed E-state index contributed by atoms with van der Waals surface area (Å²) in [6.45, 7) is 4.82. The molecule has 22 heavy (non-hydrogen) atoms. The van der Waals surface area contributed by atoms with Crippen molar-refractivity contribution in [3.63, 3.8) is 0 Å². The molecule has 0 radical (unpaired) electrons. The molecule has 0 spiro atoms. The zero-order valence-corrected chi connectivity index (χ0v) is 14.3. The summed E-state index contributed by atoms with van der Waals surface area (Å²) in [5.41, 5.74) is 5.49. The number of aromatic nitrogens is 1. The maximum atomic E-state index is 11.7. The van der Waals surface area contributed by atoms with Crippen LogP contribution in [0.1, 0.15) is 43.5 Å². The number of amides is 3. The Balaban J connectivity index is 2.65. The summed E-state index contributed by atoms with van der Waals surface area (Å²) in [5.74, 6) is 0.185. The lowest BCUT2D eigenvalue weighted by Gasteiger charge is -2.11. The van der Waals surface area contributed by atoms with Crippen molar-refractivity contribution in [2.45, 2.75) is 33.1 Å². The number of anilines is 1. The van der Waals surface area contributed by atoms with Crippen molar-refractivity contribution in [1.29, 1.82) is 0 Å². The van der Waals surface area contributed by atoms with E-state index in [1.807, 2.05) is 0 Å². The zero-order chi connectivity index (χ0) is 16.7. The van der Waals surface area contributed by atoms with Gasteiger partial charge in [0.25, 0.3) is 5.91 Å². The number of carbonyl (C=O) groups excluding carboxylic acids is 2. The molecule has 0 aliphatic heterocycles. The number of unbranched alkanes of at least 4 members (excludes halogenated alkanes) is 1. The highest BCUT2D eigenvalue weighted by molar-refractivity contribution is 7.11. The van der Waals surface area contributed by atoms with Gasteiger partial charge in [-0.25, -0.2) is 4.79 Å². The van der Waals surface area contributed by atoms with Gasteiger partial charge in [0.2, 0.25) is 5.88 Å². The lowest BCUT2D eigenvalue weighted by molar-refractivity contribution is 0.0997. The highest BCUT2D eigenvalue weighted by Crippen LogP contribution is 2.30. The number of rotatable bonds is 8. The van der Waals surface area contributed by atoms with Gasteiger partial charge in [-0.05, 0) is 30.3 Å². The van der Waals surface area contributed by atoms with E-state index in [0.29, 0.717) is 17.5 Å².